The Morgan fingerprint density at radius 2 is 1.84 bits per heavy atom. The predicted octanol–water partition coefficient (Wildman–Crippen LogP) is 6.25. The van der Waals surface area contributed by atoms with E-state index in [0.29, 0.717) is 28.2 Å². The SMILES string of the molecule is CC.CC(=O)C1CC(C)C2CN(c3nc(C(C)(C)C)ccc3C(=O)NSc3cccc(n3)N1)C(C)(C)C2. The molecule has 4 bridgehead atoms. The molecule has 2 N–H and O–H groups in total. The summed E-state index contributed by atoms with van der Waals surface area (Å²) in [5.74, 6) is 1.94. The molecule has 0 aromatic carbocycles. The van der Waals surface area contributed by atoms with Crippen LogP contribution in [-0.4, -0.2) is 39.8 Å². The molecule has 4 heterocycles. The molecule has 2 aliphatic heterocycles. The molecule has 4 rings (SSSR count). The molecule has 202 valence electrons. The van der Waals surface area contributed by atoms with Crippen molar-refractivity contribution < 1.29 is 9.59 Å². The molecule has 3 unspecified atom stereocenters. The fourth-order valence-corrected chi connectivity index (χ4v) is 5.67. The summed E-state index contributed by atoms with van der Waals surface area (Å²) in [5, 5.41) is 3.99. The number of anilines is 2. The number of fused-ring (bicyclic) bond motifs is 6. The van der Waals surface area contributed by atoms with Gasteiger partial charge in [-0.25, -0.2) is 9.97 Å². The van der Waals surface area contributed by atoms with Gasteiger partial charge in [-0.15, -0.1) is 0 Å². The van der Waals surface area contributed by atoms with Crippen molar-refractivity contribution in [2.45, 2.75) is 97.2 Å². The molecule has 0 saturated carbocycles. The third-order valence-corrected chi connectivity index (χ3v) is 7.97. The van der Waals surface area contributed by atoms with Crippen LogP contribution in [0.15, 0.2) is 35.4 Å². The number of nitrogens with one attached hydrogen (secondary N) is 2. The van der Waals surface area contributed by atoms with E-state index < -0.39 is 0 Å². The Morgan fingerprint density at radius 1 is 1.14 bits per heavy atom. The first-order valence-corrected chi connectivity index (χ1v) is 14.2. The molecule has 1 saturated heterocycles. The van der Waals surface area contributed by atoms with Crippen LogP contribution in [0.25, 0.3) is 0 Å². The van der Waals surface area contributed by atoms with Crippen LogP contribution in [0.3, 0.4) is 0 Å². The van der Waals surface area contributed by atoms with E-state index in [9.17, 15) is 9.59 Å². The number of carbonyl (C=O) groups excluding carboxylic acids is 2. The molecule has 1 fully saturated rings. The largest absolute Gasteiger partial charge is 0.360 e. The summed E-state index contributed by atoms with van der Waals surface area (Å²) in [6, 6.07) is 9.13. The highest BCUT2D eigenvalue weighted by atomic mass is 32.2. The maximum Gasteiger partial charge on any atom is 0.265 e. The first-order chi connectivity index (χ1) is 17.3. The van der Waals surface area contributed by atoms with Gasteiger partial charge in [-0.3, -0.25) is 14.3 Å². The van der Waals surface area contributed by atoms with Gasteiger partial charge in [0.25, 0.3) is 5.91 Å². The Balaban J connectivity index is 0.00000186. The summed E-state index contributed by atoms with van der Waals surface area (Å²) in [6.45, 7) is 19.5. The van der Waals surface area contributed by atoms with Gasteiger partial charge in [0.15, 0.2) is 5.78 Å². The van der Waals surface area contributed by atoms with Gasteiger partial charge < -0.3 is 10.2 Å². The Bertz CT molecular complexity index is 1130. The van der Waals surface area contributed by atoms with Crippen molar-refractivity contribution >= 4 is 35.3 Å². The second-order valence-electron chi connectivity index (χ2n) is 11.6. The average Bonchev–Trinajstić information content (AvgIpc) is 3.17. The Kier molecular flexibility index (Phi) is 8.93. The molecule has 0 radical (unpaired) electrons. The minimum absolute atomic E-state index is 0.102. The fraction of sp³-hybridized carbons (Fsp3) is 0.586. The molecule has 0 spiro atoms. The minimum Gasteiger partial charge on any atom is -0.360 e. The molecule has 1 amide bonds. The molecule has 0 aliphatic carbocycles. The number of nitrogens with zero attached hydrogens (tertiary/aromatic N) is 3. The van der Waals surface area contributed by atoms with Gasteiger partial charge in [0, 0.05) is 35.1 Å². The quantitative estimate of drug-likeness (QED) is 0.425. The van der Waals surface area contributed by atoms with Crippen LogP contribution in [0.1, 0.15) is 91.2 Å². The van der Waals surface area contributed by atoms with E-state index in [1.165, 1.54) is 11.9 Å². The number of Topliss-reactive ketones (excluding diaryl/α,β-unsaturated/α-hetero) is 1. The Hall–Kier alpha value is -2.61. The minimum atomic E-state index is -0.312. The van der Waals surface area contributed by atoms with E-state index in [2.05, 4.69) is 61.5 Å². The van der Waals surface area contributed by atoms with E-state index in [1.54, 1.807) is 6.92 Å². The van der Waals surface area contributed by atoms with Crippen molar-refractivity contribution in [3.8, 4) is 0 Å². The average molecular weight is 526 g/mol. The van der Waals surface area contributed by atoms with Gasteiger partial charge in [-0.2, -0.15) is 0 Å². The molecule has 7 nitrogen and oxygen atoms in total. The Morgan fingerprint density at radius 3 is 2.49 bits per heavy atom. The maximum atomic E-state index is 13.4. The van der Waals surface area contributed by atoms with E-state index >= 15 is 0 Å². The zero-order valence-electron chi connectivity index (χ0n) is 23.8. The lowest BCUT2D eigenvalue weighted by molar-refractivity contribution is -0.118. The monoisotopic (exact) mass is 525 g/mol. The third kappa shape index (κ3) is 6.64. The van der Waals surface area contributed by atoms with Gasteiger partial charge in [-0.05, 0) is 69.7 Å². The number of aromatic nitrogens is 2. The summed E-state index contributed by atoms with van der Waals surface area (Å²) in [5.41, 5.74) is 1.21. The smallest absolute Gasteiger partial charge is 0.265 e. The van der Waals surface area contributed by atoms with Gasteiger partial charge >= 0.3 is 0 Å². The van der Waals surface area contributed by atoms with Crippen LogP contribution in [0, 0.1) is 11.8 Å². The molecule has 37 heavy (non-hydrogen) atoms. The highest BCUT2D eigenvalue weighted by Gasteiger charge is 2.43. The summed E-state index contributed by atoms with van der Waals surface area (Å²) < 4.78 is 2.96. The standard InChI is InChI=1S/C27H37N5O2S.C2H6/c1-16-13-20(17(2)33)28-22-9-8-10-23(30-22)35-31-25(34)19-11-12-21(26(3,4)5)29-24(19)32-15-18(16)14-27(32,6)7;1-2/h8-12,16,18,20H,13-15H2,1-7H3,(H,28,30)(H,31,34);1-2H3. The molecule has 2 aromatic rings. The van der Waals surface area contributed by atoms with Crippen LogP contribution in [0.2, 0.25) is 0 Å². The van der Waals surface area contributed by atoms with Gasteiger partial charge in [0.1, 0.15) is 16.7 Å². The first-order valence-electron chi connectivity index (χ1n) is 13.4. The molecule has 3 atom stereocenters. The van der Waals surface area contributed by atoms with E-state index in [-0.39, 0.29) is 28.7 Å². The number of pyridine rings is 2. The van der Waals surface area contributed by atoms with Gasteiger partial charge in [0.05, 0.1) is 11.6 Å². The lowest BCUT2D eigenvalue weighted by atomic mass is 9.83. The number of hydrogen-bond donors (Lipinski definition) is 2. The zero-order chi connectivity index (χ0) is 27.5. The second-order valence-corrected chi connectivity index (χ2v) is 12.4. The van der Waals surface area contributed by atoms with Crippen LogP contribution in [0.4, 0.5) is 11.6 Å². The molecular formula is C29H43N5O2S. The van der Waals surface area contributed by atoms with Crippen LogP contribution < -0.4 is 14.9 Å². The van der Waals surface area contributed by atoms with Crippen molar-refractivity contribution in [1.29, 1.82) is 0 Å². The lowest BCUT2D eigenvalue weighted by Gasteiger charge is -2.34. The normalized spacial score (nSPS) is 23.3. The second kappa shape index (κ2) is 11.4. The zero-order valence-corrected chi connectivity index (χ0v) is 24.6. The van der Waals surface area contributed by atoms with Crippen molar-refractivity contribution in [3.05, 3.63) is 41.6 Å². The van der Waals surface area contributed by atoms with E-state index in [1.807, 2.05) is 44.2 Å². The van der Waals surface area contributed by atoms with Gasteiger partial charge in [-0.1, -0.05) is 47.6 Å². The molecular weight excluding hydrogens is 482 g/mol. The highest BCUT2D eigenvalue weighted by molar-refractivity contribution is 7.97. The molecule has 2 aliphatic rings. The highest BCUT2D eigenvalue weighted by Crippen LogP contribution is 2.42. The van der Waals surface area contributed by atoms with Crippen molar-refractivity contribution in [2.75, 3.05) is 16.8 Å². The number of carbonyl (C=O) groups is 2. The summed E-state index contributed by atoms with van der Waals surface area (Å²) >= 11 is 1.17. The molecule has 2 aromatic heterocycles. The van der Waals surface area contributed by atoms with Crippen LogP contribution in [0.5, 0.6) is 0 Å². The van der Waals surface area contributed by atoms with Crippen LogP contribution in [-0.2, 0) is 10.2 Å². The van der Waals surface area contributed by atoms with E-state index in [4.69, 9.17) is 4.98 Å². The fourth-order valence-electron chi connectivity index (χ4n) is 5.08. The number of hydrogen-bond acceptors (Lipinski definition) is 7. The topological polar surface area (TPSA) is 87.2 Å². The molecule has 8 heteroatoms. The summed E-state index contributed by atoms with van der Waals surface area (Å²) in [7, 11) is 0. The summed E-state index contributed by atoms with van der Waals surface area (Å²) in [4.78, 5) is 37.9. The van der Waals surface area contributed by atoms with Crippen molar-refractivity contribution in [1.82, 2.24) is 14.7 Å². The Labute approximate surface area is 226 Å². The third-order valence-electron chi connectivity index (χ3n) is 7.25. The lowest BCUT2D eigenvalue weighted by Crippen LogP contribution is -2.40. The van der Waals surface area contributed by atoms with Crippen molar-refractivity contribution in [3.63, 3.8) is 0 Å². The number of rotatable bonds is 1. The first kappa shape index (κ1) is 29.0. The number of amides is 1. The van der Waals surface area contributed by atoms with Gasteiger partial charge in [0.2, 0.25) is 0 Å². The van der Waals surface area contributed by atoms with Crippen molar-refractivity contribution in [2.24, 2.45) is 11.8 Å². The predicted molar refractivity (Wildman–Crippen MR) is 153 cm³/mol. The van der Waals surface area contributed by atoms with E-state index in [0.717, 1.165) is 30.9 Å². The number of ketones is 1. The van der Waals surface area contributed by atoms with Crippen LogP contribution >= 0.6 is 11.9 Å². The maximum absolute atomic E-state index is 13.4. The summed E-state index contributed by atoms with van der Waals surface area (Å²) in [6.07, 6.45) is 1.69.